The lowest BCUT2D eigenvalue weighted by Crippen LogP contribution is -2.48. The highest BCUT2D eigenvalue weighted by Crippen LogP contribution is 2.29. The summed E-state index contributed by atoms with van der Waals surface area (Å²) in [4.78, 5) is 30.8. The molecule has 0 unspecified atom stereocenters. The van der Waals surface area contributed by atoms with Crippen molar-refractivity contribution in [3.63, 3.8) is 0 Å². The van der Waals surface area contributed by atoms with Gasteiger partial charge in [0.05, 0.1) is 6.26 Å². The Hall–Kier alpha value is -2.97. The molecule has 1 aromatic carbocycles. The molecular weight excluding hydrogens is 429 g/mol. The Morgan fingerprint density at radius 3 is 2.66 bits per heavy atom. The van der Waals surface area contributed by atoms with E-state index in [0.29, 0.717) is 32.5 Å². The van der Waals surface area contributed by atoms with Crippen LogP contribution in [0.2, 0.25) is 0 Å². The Morgan fingerprint density at radius 2 is 1.91 bits per heavy atom. The van der Waals surface area contributed by atoms with Crippen LogP contribution in [0.25, 0.3) is 10.4 Å². The third-order valence-electron chi connectivity index (χ3n) is 5.47. The molecule has 0 spiro atoms. The highest BCUT2D eigenvalue weighted by Gasteiger charge is 2.21. The number of benzene rings is 1. The van der Waals surface area contributed by atoms with Crippen LogP contribution in [0.5, 0.6) is 0 Å². The summed E-state index contributed by atoms with van der Waals surface area (Å²) in [6.45, 7) is 4.35. The van der Waals surface area contributed by atoms with Gasteiger partial charge in [-0.3, -0.25) is 14.5 Å². The maximum atomic E-state index is 13.5. The lowest BCUT2D eigenvalue weighted by Gasteiger charge is -2.34. The summed E-state index contributed by atoms with van der Waals surface area (Å²) >= 11 is 1.68. The summed E-state index contributed by atoms with van der Waals surface area (Å²) in [6, 6.07) is 14.1. The van der Waals surface area contributed by atoms with Gasteiger partial charge in [-0.05, 0) is 48.4 Å². The summed E-state index contributed by atoms with van der Waals surface area (Å²) in [5.41, 5.74) is 0.900. The first-order chi connectivity index (χ1) is 15.6. The van der Waals surface area contributed by atoms with Crippen LogP contribution in [0.3, 0.4) is 0 Å². The van der Waals surface area contributed by atoms with Crippen molar-refractivity contribution in [1.29, 1.82) is 0 Å². The topological polar surface area (TPSA) is 65.8 Å². The number of thiophene rings is 1. The van der Waals surface area contributed by atoms with Crippen molar-refractivity contribution in [1.82, 2.24) is 15.1 Å². The summed E-state index contributed by atoms with van der Waals surface area (Å²) in [6.07, 6.45) is 2.48. The number of furan rings is 1. The fourth-order valence-electron chi connectivity index (χ4n) is 3.73. The summed E-state index contributed by atoms with van der Waals surface area (Å²) in [7, 11) is 0. The summed E-state index contributed by atoms with van der Waals surface area (Å²) < 4.78 is 18.5. The summed E-state index contributed by atoms with van der Waals surface area (Å²) in [5.74, 6) is -0.0778. The van der Waals surface area contributed by atoms with Gasteiger partial charge in [-0.2, -0.15) is 0 Å². The number of piperazine rings is 1. The molecule has 2 amide bonds. The molecule has 3 aromatic rings. The molecule has 1 fully saturated rings. The van der Waals surface area contributed by atoms with Crippen molar-refractivity contribution in [3.8, 4) is 10.4 Å². The number of carbonyl (C=O) groups excluding carboxylic acids is 2. The van der Waals surface area contributed by atoms with E-state index in [2.05, 4.69) is 16.3 Å². The molecule has 1 N–H and O–H groups in total. The van der Waals surface area contributed by atoms with E-state index in [1.807, 2.05) is 17.0 Å². The molecule has 6 nitrogen and oxygen atoms in total. The van der Waals surface area contributed by atoms with E-state index >= 15 is 0 Å². The molecule has 32 heavy (non-hydrogen) atoms. The molecule has 1 aliphatic rings. The zero-order valence-electron chi connectivity index (χ0n) is 17.8. The van der Waals surface area contributed by atoms with E-state index < -0.39 is 0 Å². The first-order valence-electron chi connectivity index (χ1n) is 10.7. The monoisotopic (exact) mass is 455 g/mol. The zero-order valence-corrected chi connectivity index (χ0v) is 18.6. The first kappa shape index (κ1) is 22.2. The molecule has 0 radical (unpaired) electrons. The van der Waals surface area contributed by atoms with Gasteiger partial charge in [-0.25, -0.2) is 4.39 Å². The smallest absolute Gasteiger partial charge is 0.286 e. The van der Waals surface area contributed by atoms with Gasteiger partial charge in [-0.15, -0.1) is 11.3 Å². The van der Waals surface area contributed by atoms with Crippen molar-refractivity contribution in [2.24, 2.45) is 0 Å². The van der Waals surface area contributed by atoms with Gasteiger partial charge < -0.3 is 14.6 Å². The molecule has 168 valence electrons. The number of hydrogen-bond donors (Lipinski definition) is 1. The fraction of sp³-hybridized carbons (Fsp3) is 0.333. The second kappa shape index (κ2) is 10.6. The van der Waals surface area contributed by atoms with E-state index in [4.69, 9.17) is 4.42 Å². The average Bonchev–Trinajstić information content (AvgIpc) is 3.49. The van der Waals surface area contributed by atoms with Crippen LogP contribution in [0.1, 0.15) is 28.3 Å². The zero-order chi connectivity index (χ0) is 22.3. The quantitative estimate of drug-likeness (QED) is 0.522. The highest BCUT2D eigenvalue weighted by atomic mass is 32.1. The Bertz CT molecular complexity index is 1040. The van der Waals surface area contributed by atoms with Gasteiger partial charge in [0.1, 0.15) is 5.82 Å². The van der Waals surface area contributed by atoms with Crippen LogP contribution in [0.15, 0.2) is 59.2 Å². The number of halogens is 1. The van der Waals surface area contributed by atoms with Crippen LogP contribution in [0, 0.1) is 5.82 Å². The van der Waals surface area contributed by atoms with E-state index in [0.717, 1.165) is 30.1 Å². The van der Waals surface area contributed by atoms with Crippen LogP contribution in [0.4, 0.5) is 4.39 Å². The van der Waals surface area contributed by atoms with Crippen molar-refractivity contribution in [2.75, 3.05) is 32.7 Å². The van der Waals surface area contributed by atoms with Crippen LogP contribution in [-0.2, 0) is 11.3 Å². The lowest BCUT2D eigenvalue weighted by atomic mass is 10.2. The third-order valence-corrected chi connectivity index (χ3v) is 6.59. The molecule has 0 saturated carbocycles. The van der Waals surface area contributed by atoms with E-state index in [1.54, 1.807) is 35.6 Å². The minimum Gasteiger partial charge on any atom is -0.459 e. The van der Waals surface area contributed by atoms with Gasteiger partial charge in [0, 0.05) is 55.4 Å². The first-order valence-corrected chi connectivity index (χ1v) is 11.6. The minimum absolute atomic E-state index is 0.126. The molecule has 1 aliphatic heterocycles. The highest BCUT2D eigenvalue weighted by molar-refractivity contribution is 7.15. The number of nitrogens with zero attached hydrogens (tertiary/aromatic N) is 2. The van der Waals surface area contributed by atoms with Gasteiger partial charge >= 0.3 is 0 Å². The van der Waals surface area contributed by atoms with Crippen molar-refractivity contribution in [2.45, 2.75) is 19.4 Å². The molecule has 0 bridgehead atoms. The molecule has 8 heteroatoms. The van der Waals surface area contributed by atoms with Crippen LogP contribution >= 0.6 is 11.3 Å². The van der Waals surface area contributed by atoms with E-state index in [-0.39, 0.29) is 23.4 Å². The van der Waals surface area contributed by atoms with Gasteiger partial charge in [0.2, 0.25) is 5.91 Å². The fourth-order valence-corrected chi connectivity index (χ4v) is 4.78. The van der Waals surface area contributed by atoms with Crippen molar-refractivity contribution < 1.29 is 18.4 Å². The molecule has 2 aromatic heterocycles. The maximum absolute atomic E-state index is 13.5. The standard InChI is InChI=1S/C24H26FN3O3S/c25-19-5-1-4-18(16-19)22-9-8-20(32-22)17-27-11-13-28(14-12-27)23(29)7-2-10-26-24(30)21-6-3-15-31-21/h1,3-6,8-9,15-16H,2,7,10-14,17H2,(H,26,30). The molecule has 0 atom stereocenters. The molecule has 0 aliphatic carbocycles. The van der Waals surface area contributed by atoms with Crippen LogP contribution in [-0.4, -0.2) is 54.3 Å². The largest absolute Gasteiger partial charge is 0.459 e. The van der Waals surface area contributed by atoms with Gasteiger partial charge in [0.15, 0.2) is 5.76 Å². The van der Waals surface area contributed by atoms with E-state index in [1.165, 1.54) is 17.2 Å². The average molecular weight is 456 g/mol. The summed E-state index contributed by atoms with van der Waals surface area (Å²) in [5, 5.41) is 2.76. The molecular formula is C24H26FN3O3S. The number of hydrogen-bond acceptors (Lipinski definition) is 5. The van der Waals surface area contributed by atoms with Gasteiger partial charge in [0.25, 0.3) is 5.91 Å². The Balaban J connectivity index is 1.16. The second-order valence-electron chi connectivity index (χ2n) is 7.77. The van der Waals surface area contributed by atoms with Gasteiger partial charge in [-0.1, -0.05) is 12.1 Å². The predicted molar refractivity (Wildman–Crippen MR) is 122 cm³/mol. The number of amides is 2. The number of nitrogens with one attached hydrogen (secondary N) is 1. The normalized spacial score (nSPS) is 14.5. The van der Waals surface area contributed by atoms with E-state index in [9.17, 15) is 14.0 Å². The molecule has 1 saturated heterocycles. The Labute approximate surface area is 190 Å². The molecule has 3 heterocycles. The van der Waals surface area contributed by atoms with Crippen molar-refractivity contribution in [3.05, 3.63) is 71.2 Å². The minimum atomic E-state index is -0.259. The predicted octanol–water partition coefficient (Wildman–Crippen LogP) is 4.00. The third kappa shape index (κ3) is 5.83. The Kier molecular flexibility index (Phi) is 7.34. The van der Waals surface area contributed by atoms with Crippen LogP contribution < -0.4 is 5.32 Å². The lowest BCUT2D eigenvalue weighted by molar-refractivity contribution is -0.133. The number of rotatable bonds is 8. The Morgan fingerprint density at radius 1 is 1.06 bits per heavy atom. The second-order valence-corrected chi connectivity index (χ2v) is 8.94. The number of carbonyl (C=O) groups is 2. The van der Waals surface area contributed by atoms with Crippen molar-refractivity contribution >= 4 is 23.2 Å². The SMILES string of the molecule is O=C(NCCCC(=O)N1CCN(Cc2ccc(-c3cccc(F)c3)s2)CC1)c1ccco1. The maximum Gasteiger partial charge on any atom is 0.286 e. The molecule has 4 rings (SSSR count).